The zero-order chi connectivity index (χ0) is 20.4. The first kappa shape index (κ1) is 20.5. The summed E-state index contributed by atoms with van der Waals surface area (Å²) in [6, 6.07) is 4.25. The molecular formula is C23H32N4O. The molecular weight excluding hydrogens is 348 g/mol. The van der Waals surface area contributed by atoms with E-state index in [1.807, 2.05) is 14.0 Å². The van der Waals surface area contributed by atoms with Gasteiger partial charge in [0, 0.05) is 42.4 Å². The van der Waals surface area contributed by atoms with Crippen LogP contribution in [0.2, 0.25) is 0 Å². The van der Waals surface area contributed by atoms with Gasteiger partial charge >= 0.3 is 0 Å². The van der Waals surface area contributed by atoms with E-state index >= 15 is 0 Å². The van der Waals surface area contributed by atoms with Gasteiger partial charge in [-0.1, -0.05) is 27.7 Å². The molecule has 3 aromatic heterocycles. The lowest BCUT2D eigenvalue weighted by Gasteiger charge is -2.14. The Morgan fingerprint density at radius 2 is 1.86 bits per heavy atom. The van der Waals surface area contributed by atoms with Gasteiger partial charge < -0.3 is 9.67 Å². The van der Waals surface area contributed by atoms with Crippen LogP contribution in [0.3, 0.4) is 0 Å². The molecule has 0 aliphatic carbocycles. The van der Waals surface area contributed by atoms with Gasteiger partial charge in [0.05, 0.1) is 11.4 Å². The molecule has 0 radical (unpaired) electrons. The van der Waals surface area contributed by atoms with E-state index in [1.54, 1.807) is 0 Å². The van der Waals surface area contributed by atoms with Gasteiger partial charge in [0.1, 0.15) is 5.52 Å². The molecule has 0 aromatic carbocycles. The Hall–Kier alpha value is -2.27. The number of aliphatic hydroxyl groups excluding tert-OH is 1. The largest absolute Gasteiger partial charge is 0.396 e. The second kappa shape index (κ2) is 8.39. The van der Waals surface area contributed by atoms with Crippen molar-refractivity contribution in [3.05, 3.63) is 41.0 Å². The molecule has 5 nitrogen and oxygen atoms in total. The predicted octanol–water partition coefficient (Wildman–Crippen LogP) is 4.90. The molecule has 3 aromatic rings. The maximum atomic E-state index is 9.42. The molecule has 0 unspecified atom stereocenters. The van der Waals surface area contributed by atoms with E-state index in [0.717, 1.165) is 58.8 Å². The molecule has 28 heavy (non-hydrogen) atoms. The highest BCUT2D eigenvalue weighted by Crippen LogP contribution is 2.33. The van der Waals surface area contributed by atoms with Gasteiger partial charge in [0.25, 0.3) is 0 Å². The summed E-state index contributed by atoms with van der Waals surface area (Å²) in [5.74, 6) is 0.702. The molecule has 0 saturated heterocycles. The van der Waals surface area contributed by atoms with Crippen molar-refractivity contribution < 1.29 is 5.11 Å². The third-order valence-electron chi connectivity index (χ3n) is 5.58. The van der Waals surface area contributed by atoms with Crippen molar-refractivity contribution in [1.29, 1.82) is 0 Å². The average molecular weight is 381 g/mol. The van der Waals surface area contributed by atoms with Crippen molar-refractivity contribution >= 4 is 11.2 Å². The van der Waals surface area contributed by atoms with E-state index in [1.165, 1.54) is 5.56 Å². The lowest BCUT2D eigenvalue weighted by Crippen LogP contribution is -2.04. The quantitative estimate of drug-likeness (QED) is 0.633. The Morgan fingerprint density at radius 3 is 2.46 bits per heavy atom. The molecule has 0 saturated carbocycles. The number of aliphatic hydroxyl groups is 1. The molecule has 0 bridgehead atoms. The first-order valence-electron chi connectivity index (χ1n) is 10.4. The van der Waals surface area contributed by atoms with Crippen molar-refractivity contribution in [1.82, 2.24) is 19.5 Å². The van der Waals surface area contributed by atoms with Crippen molar-refractivity contribution in [2.45, 2.75) is 65.7 Å². The van der Waals surface area contributed by atoms with Crippen LogP contribution in [0.5, 0.6) is 0 Å². The third kappa shape index (κ3) is 3.68. The van der Waals surface area contributed by atoms with Crippen molar-refractivity contribution in [3.8, 4) is 11.3 Å². The highest BCUT2D eigenvalue weighted by molar-refractivity contribution is 5.80. The summed E-state index contributed by atoms with van der Waals surface area (Å²) in [6.07, 6.45) is 4.71. The number of aryl methyl sites for hydroxylation is 3. The van der Waals surface area contributed by atoms with Crippen LogP contribution in [0.25, 0.3) is 22.4 Å². The molecule has 3 heterocycles. The molecule has 3 rings (SSSR count). The predicted molar refractivity (Wildman–Crippen MR) is 115 cm³/mol. The first-order chi connectivity index (χ1) is 13.4. The summed E-state index contributed by atoms with van der Waals surface area (Å²) in [4.78, 5) is 14.9. The van der Waals surface area contributed by atoms with E-state index in [0.29, 0.717) is 11.8 Å². The number of pyridine rings is 1. The van der Waals surface area contributed by atoms with E-state index in [2.05, 4.69) is 50.6 Å². The summed E-state index contributed by atoms with van der Waals surface area (Å²) in [7, 11) is 2.02. The third-order valence-corrected chi connectivity index (χ3v) is 5.58. The normalized spacial score (nSPS) is 12.9. The molecule has 0 fully saturated rings. The highest BCUT2D eigenvalue weighted by Gasteiger charge is 2.20. The van der Waals surface area contributed by atoms with Gasteiger partial charge in [-0.15, -0.1) is 0 Å². The van der Waals surface area contributed by atoms with E-state index in [9.17, 15) is 5.11 Å². The van der Waals surface area contributed by atoms with Gasteiger partial charge in [-0.25, -0.2) is 9.97 Å². The fraction of sp³-hybridized carbons (Fsp3) is 0.522. The second-order valence-corrected chi connectivity index (χ2v) is 7.88. The fourth-order valence-electron chi connectivity index (χ4n) is 3.90. The van der Waals surface area contributed by atoms with Gasteiger partial charge in [-0.05, 0) is 50.2 Å². The van der Waals surface area contributed by atoms with Crippen LogP contribution >= 0.6 is 0 Å². The minimum atomic E-state index is 0.188. The van der Waals surface area contributed by atoms with Crippen LogP contribution in [-0.4, -0.2) is 31.2 Å². The molecule has 0 aliphatic rings. The summed E-state index contributed by atoms with van der Waals surface area (Å²) >= 11 is 0. The van der Waals surface area contributed by atoms with Crippen LogP contribution in [0.15, 0.2) is 18.3 Å². The summed E-state index contributed by atoms with van der Waals surface area (Å²) < 4.78 is 2.06. The SMILES string of the molecule is CCc1nc(C(C)C)ccc1-c1nc2c(nc1C)c([C@H](CC)CCO)cn2C. The number of hydrogen-bond donors (Lipinski definition) is 1. The minimum absolute atomic E-state index is 0.188. The van der Waals surface area contributed by atoms with Gasteiger partial charge in [0.15, 0.2) is 5.65 Å². The number of fused-ring (bicyclic) bond motifs is 1. The molecule has 5 heteroatoms. The number of aromatic nitrogens is 4. The standard InChI is InChI=1S/C23H32N4O/c1-7-16(11-12-28)18-13-27(6)23-22(18)24-15(5)21(26-23)17-9-10-20(14(3)4)25-19(17)8-2/h9-10,13-14,16,28H,7-8,11-12H2,1-6H3/t16-/m1/s1. The molecule has 0 aliphatic heterocycles. The average Bonchev–Trinajstić information content (AvgIpc) is 3.00. The van der Waals surface area contributed by atoms with Gasteiger partial charge in [-0.2, -0.15) is 0 Å². The minimum Gasteiger partial charge on any atom is -0.396 e. The Labute approximate surface area is 167 Å². The molecule has 150 valence electrons. The molecule has 0 amide bonds. The fourth-order valence-corrected chi connectivity index (χ4v) is 3.90. The van der Waals surface area contributed by atoms with Crippen LogP contribution < -0.4 is 0 Å². The van der Waals surface area contributed by atoms with Crippen LogP contribution in [0.1, 0.15) is 75.0 Å². The number of nitrogens with zero attached hydrogens (tertiary/aromatic N) is 4. The summed E-state index contributed by atoms with van der Waals surface area (Å²) in [5, 5.41) is 9.42. The highest BCUT2D eigenvalue weighted by atomic mass is 16.3. The Bertz CT molecular complexity index is 974. The number of rotatable bonds is 7. The Kier molecular flexibility index (Phi) is 6.14. The monoisotopic (exact) mass is 380 g/mol. The Balaban J connectivity index is 2.17. The Morgan fingerprint density at radius 1 is 1.11 bits per heavy atom. The van der Waals surface area contributed by atoms with Crippen molar-refractivity contribution in [2.24, 2.45) is 7.05 Å². The van der Waals surface area contributed by atoms with Gasteiger partial charge in [0.2, 0.25) is 0 Å². The van der Waals surface area contributed by atoms with Crippen LogP contribution in [0, 0.1) is 6.92 Å². The van der Waals surface area contributed by atoms with Crippen molar-refractivity contribution in [3.63, 3.8) is 0 Å². The topological polar surface area (TPSA) is 63.8 Å². The maximum Gasteiger partial charge on any atom is 0.159 e. The second-order valence-electron chi connectivity index (χ2n) is 7.88. The van der Waals surface area contributed by atoms with Crippen LogP contribution in [-0.2, 0) is 13.5 Å². The zero-order valence-electron chi connectivity index (χ0n) is 18.0. The van der Waals surface area contributed by atoms with Crippen LogP contribution in [0.4, 0.5) is 0 Å². The van der Waals surface area contributed by atoms with E-state index < -0.39 is 0 Å². The first-order valence-corrected chi connectivity index (χ1v) is 10.4. The van der Waals surface area contributed by atoms with Crippen molar-refractivity contribution in [2.75, 3.05) is 6.61 Å². The lowest BCUT2D eigenvalue weighted by molar-refractivity contribution is 0.274. The maximum absolute atomic E-state index is 9.42. The molecule has 1 N–H and O–H groups in total. The summed E-state index contributed by atoms with van der Waals surface area (Å²) in [6.45, 7) is 10.8. The zero-order valence-corrected chi connectivity index (χ0v) is 18.0. The lowest BCUT2D eigenvalue weighted by atomic mass is 9.95. The van der Waals surface area contributed by atoms with Gasteiger partial charge in [-0.3, -0.25) is 4.98 Å². The smallest absolute Gasteiger partial charge is 0.159 e. The molecule has 1 atom stereocenters. The van der Waals surface area contributed by atoms with E-state index in [4.69, 9.17) is 15.0 Å². The molecule has 0 spiro atoms. The van der Waals surface area contributed by atoms with E-state index in [-0.39, 0.29) is 6.61 Å². The number of hydrogen-bond acceptors (Lipinski definition) is 4. The summed E-state index contributed by atoms with van der Waals surface area (Å²) in [5.41, 5.74) is 8.12.